The van der Waals surface area contributed by atoms with E-state index >= 15 is 0 Å². The summed E-state index contributed by atoms with van der Waals surface area (Å²) < 4.78 is 12.1. The molecule has 6 nitrogen and oxygen atoms in total. The highest BCUT2D eigenvalue weighted by Crippen LogP contribution is 2.82. The first kappa shape index (κ1) is 19.4. The van der Waals surface area contributed by atoms with Crippen molar-refractivity contribution in [3.05, 3.63) is 34.9 Å². The van der Waals surface area contributed by atoms with E-state index in [9.17, 15) is 10.5 Å². The van der Waals surface area contributed by atoms with Crippen LogP contribution >= 0.6 is 0 Å². The minimum Gasteiger partial charge on any atom is -0.386 e. The maximum absolute atomic E-state index is 10.3. The number of hydrogen-bond donors (Lipinski definition) is 1. The van der Waals surface area contributed by atoms with Gasteiger partial charge in [-0.25, -0.2) is 4.99 Å². The van der Waals surface area contributed by atoms with E-state index in [-0.39, 0.29) is 5.84 Å². The average molecular weight is 366 g/mol. The molecule has 1 saturated carbocycles. The maximum Gasteiger partial charge on any atom is 0.293 e. The molecule has 0 amide bonds. The van der Waals surface area contributed by atoms with Crippen LogP contribution in [0.3, 0.4) is 0 Å². The minimum atomic E-state index is -1.55. The lowest BCUT2D eigenvalue weighted by atomic mass is 9.92. The predicted octanol–water partition coefficient (Wildman–Crippen LogP) is 3.30. The van der Waals surface area contributed by atoms with Crippen molar-refractivity contribution in [1.82, 2.24) is 0 Å². The van der Waals surface area contributed by atoms with Gasteiger partial charge in [-0.1, -0.05) is 37.6 Å². The van der Waals surface area contributed by atoms with Gasteiger partial charge in [-0.05, 0) is 37.8 Å². The molecule has 27 heavy (non-hydrogen) atoms. The van der Waals surface area contributed by atoms with Crippen LogP contribution in [-0.4, -0.2) is 25.0 Å². The smallest absolute Gasteiger partial charge is 0.293 e. The Hall–Kier alpha value is -2.41. The number of aliphatic imine (C=N–C) groups is 1. The van der Waals surface area contributed by atoms with E-state index in [0.29, 0.717) is 13.2 Å². The zero-order chi connectivity index (χ0) is 19.9. The molecule has 142 valence electrons. The Morgan fingerprint density at radius 3 is 2.26 bits per heavy atom. The molecule has 1 heterocycles. The summed E-state index contributed by atoms with van der Waals surface area (Å²) in [4.78, 5) is 4.44. The average Bonchev–Trinajstić information content (AvgIpc) is 3.24. The molecule has 0 radical (unpaired) electrons. The van der Waals surface area contributed by atoms with Crippen molar-refractivity contribution in [1.29, 1.82) is 10.5 Å². The topological polar surface area (TPSA) is 104 Å². The van der Waals surface area contributed by atoms with Crippen LogP contribution in [0, 0.1) is 47.3 Å². The van der Waals surface area contributed by atoms with Crippen LogP contribution < -0.4 is 5.73 Å². The lowest BCUT2D eigenvalue weighted by Gasteiger charge is -2.32. The van der Waals surface area contributed by atoms with Crippen LogP contribution in [-0.2, 0) is 9.47 Å². The van der Waals surface area contributed by atoms with Crippen LogP contribution in [0.2, 0.25) is 0 Å². The molecule has 0 aromatic heterocycles. The van der Waals surface area contributed by atoms with Gasteiger partial charge in [0, 0.05) is 5.92 Å². The largest absolute Gasteiger partial charge is 0.386 e. The molecule has 0 spiro atoms. The standard InChI is InChI=1S/C21H26N4O2/c1-5-9-26-21(27-10-6-2)20(13-23)17(19(20,12-22)18(24)25-21)16-11-14(3)7-8-15(16)4/h7-8,11,17H,5-6,9-10H2,1-4H3,(H2,24,25). The van der Waals surface area contributed by atoms with E-state index in [2.05, 4.69) is 17.1 Å². The van der Waals surface area contributed by atoms with Gasteiger partial charge in [0.1, 0.15) is 11.3 Å². The van der Waals surface area contributed by atoms with Gasteiger partial charge in [0.2, 0.25) is 0 Å². The van der Waals surface area contributed by atoms with E-state index in [1.165, 1.54) is 0 Å². The normalized spacial score (nSPS) is 30.1. The summed E-state index contributed by atoms with van der Waals surface area (Å²) in [6.07, 6.45) is 1.48. The predicted molar refractivity (Wildman–Crippen MR) is 102 cm³/mol. The Labute approximate surface area is 160 Å². The second-order valence-corrected chi connectivity index (χ2v) is 7.41. The maximum atomic E-state index is 10.3. The van der Waals surface area contributed by atoms with Crippen molar-refractivity contribution in [3.63, 3.8) is 0 Å². The first-order valence-electron chi connectivity index (χ1n) is 9.44. The van der Waals surface area contributed by atoms with Crippen LogP contribution in [0.1, 0.15) is 49.3 Å². The summed E-state index contributed by atoms with van der Waals surface area (Å²) in [6.45, 7) is 8.65. The Morgan fingerprint density at radius 2 is 1.74 bits per heavy atom. The zero-order valence-electron chi connectivity index (χ0n) is 16.4. The third kappa shape index (κ3) is 2.27. The fraction of sp³-hybridized carbons (Fsp3) is 0.571. The lowest BCUT2D eigenvalue weighted by molar-refractivity contribution is -0.259. The number of aryl methyl sites for hydroxylation is 2. The number of ether oxygens (including phenoxy) is 2. The van der Waals surface area contributed by atoms with Crippen molar-refractivity contribution < 1.29 is 9.47 Å². The Balaban J connectivity index is 2.21. The molecule has 1 fully saturated rings. The number of rotatable bonds is 7. The van der Waals surface area contributed by atoms with Crippen LogP contribution in [0.15, 0.2) is 23.2 Å². The fourth-order valence-electron chi connectivity index (χ4n) is 4.38. The van der Waals surface area contributed by atoms with Gasteiger partial charge < -0.3 is 15.2 Å². The fourth-order valence-corrected chi connectivity index (χ4v) is 4.38. The lowest BCUT2D eigenvalue weighted by Crippen LogP contribution is -2.44. The second-order valence-electron chi connectivity index (χ2n) is 7.41. The Bertz CT molecular complexity index is 858. The second kappa shape index (κ2) is 6.64. The monoisotopic (exact) mass is 366 g/mol. The summed E-state index contributed by atoms with van der Waals surface area (Å²) in [6, 6.07) is 10.7. The van der Waals surface area contributed by atoms with Gasteiger partial charge in [0.15, 0.2) is 5.41 Å². The molecule has 3 unspecified atom stereocenters. The molecule has 6 heteroatoms. The molecule has 3 atom stereocenters. The van der Waals surface area contributed by atoms with E-state index < -0.39 is 22.7 Å². The third-order valence-electron chi connectivity index (χ3n) is 5.68. The van der Waals surface area contributed by atoms with E-state index in [1.54, 1.807) is 0 Å². The highest BCUT2D eigenvalue weighted by molar-refractivity contribution is 6.00. The van der Waals surface area contributed by atoms with Crippen molar-refractivity contribution in [3.8, 4) is 12.1 Å². The van der Waals surface area contributed by atoms with Gasteiger partial charge in [0.05, 0.1) is 25.4 Å². The molecule has 1 aromatic rings. The zero-order valence-corrected chi connectivity index (χ0v) is 16.4. The molecule has 2 N–H and O–H groups in total. The Kier molecular flexibility index (Phi) is 4.76. The molecular weight excluding hydrogens is 340 g/mol. The summed E-state index contributed by atoms with van der Waals surface area (Å²) in [5, 5.41) is 20.5. The summed E-state index contributed by atoms with van der Waals surface area (Å²) in [7, 11) is 0. The molecule has 1 aliphatic heterocycles. The van der Waals surface area contributed by atoms with Gasteiger partial charge in [-0.3, -0.25) is 0 Å². The molecular formula is C21H26N4O2. The number of nitriles is 2. The first-order chi connectivity index (χ1) is 12.9. The van der Waals surface area contributed by atoms with Crippen molar-refractivity contribution in [2.45, 2.75) is 52.4 Å². The van der Waals surface area contributed by atoms with Crippen molar-refractivity contribution in [2.75, 3.05) is 13.2 Å². The summed E-state index contributed by atoms with van der Waals surface area (Å²) in [5.41, 5.74) is 6.76. The van der Waals surface area contributed by atoms with Gasteiger partial charge in [0.25, 0.3) is 5.91 Å². The molecule has 2 aliphatic rings. The highest BCUT2D eigenvalue weighted by Gasteiger charge is 2.93. The number of nitrogens with zero attached hydrogens (tertiary/aromatic N) is 3. The van der Waals surface area contributed by atoms with E-state index in [1.807, 2.05) is 45.9 Å². The van der Waals surface area contributed by atoms with Gasteiger partial charge in [-0.2, -0.15) is 10.5 Å². The molecule has 0 saturated heterocycles. The summed E-state index contributed by atoms with van der Waals surface area (Å²) in [5.74, 6) is -1.86. The number of fused-ring (bicyclic) bond motifs is 1. The quantitative estimate of drug-likeness (QED) is 0.746. The summed E-state index contributed by atoms with van der Waals surface area (Å²) >= 11 is 0. The van der Waals surface area contributed by atoms with Crippen LogP contribution in [0.25, 0.3) is 0 Å². The van der Waals surface area contributed by atoms with Crippen LogP contribution in [0.5, 0.6) is 0 Å². The van der Waals surface area contributed by atoms with Gasteiger partial charge >= 0.3 is 0 Å². The number of amidine groups is 1. The van der Waals surface area contributed by atoms with E-state index in [4.69, 9.17) is 15.2 Å². The van der Waals surface area contributed by atoms with E-state index in [0.717, 1.165) is 29.5 Å². The molecule has 1 aliphatic carbocycles. The number of nitrogens with two attached hydrogens (primary N) is 1. The molecule has 1 aromatic carbocycles. The van der Waals surface area contributed by atoms with Crippen LogP contribution in [0.4, 0.5) is 0 Å². The number of benzene rings is 1. The first-order valence-corrected chi connectivity index (χ1v) is 9.44. The van der Waals surface area contributed by atoms with Gasteiger partial charge in [-0.15, -0.1) is 0 Å². The molecule has 0 bridgehead atoms. The minimum absolute atomic E-state index is 0.129. The Morgan fingerprint density at radius 1 is 1.11 bits per heavy atom. The number of hydrogen-bond acceptors (Lipinski definition) is 6. The highest BCUT2D eigenvalue weighted by atomic mass is 16.7. The van der Waals surface area contributed by atoms with Crippen molar-refractivity contribution >= 4 is 5.84 Å². The van der Waals surface area contributed by atoms with Crippen molar-refractivity contribution in [2.24, 2.45) is 21.6 Å². The SMILES string of the molecule is CCCOC1(OCCC)N=C(N)C2(C#N)C(c3cc(C)ccc3C)C12C#N. The molecule has 3 rings (SSSR count). The third-order valence-corrected chi connectivity index (χ3v) is 5.68.